The van der Waals surface area contributed by atoms with Crippen LogP contribution in [-0.2, 0) is 5.41 Å². The van der Waals surface area contributed by atoms with Crippen molar-refractivity contribution in [1.82, 2.24) is 4.90 Å². The molecule has 25 heavy (non-hydrogen) atoms. The summed E-state index contributed by atoms with van der Waals surface area (Å²) in [5.41, 5.74) is 2.64. The third kappa shape index (κ3) is 5.95. The highest BCUT2D eigenvalue weighted by atomic mass is 19.1. The average Bonchev–Trinajstić information content (AvgIpc) is 2.55. The maximum absolute atomic E-state index is 13.3. The minimum atomic E-state index is -0.154. The number of rotatable bonds is 7. The van der Waals surface area contributed by atoms with Crippen molar-refractivity contribution in [1.29, 1.82) is 0 Å². The molecule has 1 nitrogen and oxygen atoms in total. The van der Waals surface area contributed by atoms with Gasteiger partial charge in [0.05, 0.1) is 0 Å². The summed E-state index contributed by atoms with van der Waals surface area (Å²) in [5.74, 6) is 0.761. The molecule has 1 aromatic carbocycles. The monoisotopic (exact) mass is 345 g/mol. The number of likely N-dealkylation sites (tertiary alicyclic amines) is 1. The molecule has 0 saturated carbocycles. The van der Waals surface area contributed by atoms with Crippen LogP contribution >= 0.6 is 0 Å². The highest BCUT2D eigenvalue weighted by Crippen LogP contribution is 2.33. The van der Waals surface area contributed by atoms with Crippen LogP contribution in [0.2, 0.25) is 0 Å². The van der Waals surface area contributed by atoms with Crippen LogP contribution in [0.1, 0.15) is 72.3 Å². The number of nitrogens with zero attached hydrogens (tertiary/aromatic N) is 1. The molecule has 1 aromatic rings. The fourth-order valence-corrected chi connectivity index (χ4v) is 4.20. The zero-order chi connectivity index (χ0) is 18.4. The van der Waals surface area contributed by atoms with E-state index in [1.54, 1.807) is 12.1 Å². The van der Waals surface area contributed by atoms with Crippen LogP contribution in [0.5, 0.6) is 0 Å². The number of halogens is 1. The lowest BCUT2D eigenvalue weighted by atomic mass is 9.78. The maximum Gasteiger partial charge on any atom is 0.123 e. The van der Waals surface area contributed by atoms with E-state index in [1.165, 1.54) is 49.9 Å². The van der Waals surface area contributed by atoms with Gasteiger partial charge < -0.3 is 0 Å². The van der Waals surface area contributed by atoms with Crippen LogP contribution < -0.4 is 0 Å². The normalized spacial score (nSPS) is 18.2. The molecule has 0 N–H and O–H groups in total. The lowest BCUT2D eigenvalue weighted by Crippen LogP contribution is -2.43. The first-order valence-electron chi connectivity index (χ1n) is 9.97. The van der Waals surface area contributed by atoms with E-state index in [1.807, 2.05) is 12.1 Å². The standard InChI is InChI=1S/C23H36FN/c1-6-7-19-12-14-25(15-13-19)22(16-18(2)3)17-23(4,5)20-8-10-21(24)11-9-20/h8-11,16,19,22H,6-7,12-15,17H2,1-5H3. The molecular weight excluding hydrogens is 309 g/mol. The van der Waals surface area contributed by atoms with Crippen LogP contribution in [0, 0.1) is 11.7 Å². The summed E-state index contributed by atoms with van der Waals surface area (Å²) in [6.45, 7) is 13.7. The largest absolute Gasteiger partial charge is 0.297 e. The molecular formula is C23H36FN. The van der Waals surface area contributed by atoms with Gasteiger partial charge >= 0.3 is 0 Å². The Morgan fingerprint density at radius 1 is 1.20 bits per heavy atom. The van der Waals surface area contributed by atoms with Crippen LogP contribution in [-0.4, -0.2) is 24.0 Å². The molecule has 1 fully saturated rings. The van der Waals surface area contributed by atoms with Crippen molar-refractivity contribution in [2.24, 2.45) is 5.92 Å². The van der Waals surface area contributed by atoms with Gasteiger partial charge in [-0.3, -0.25) is 4.90 Å². The molecule has 0 amide bonds. The molecule has 0 aromatic heterocycles. The van der Waals surface area contributed by atoms with Crippen molar-refractivity contribution < 1.29 is 4.39 Å². The molecule has 1 aliphatic rings. The SMILES string of the molecule is CCCC1CCN(C(C=C(C)C)CC(C)(C)c2ccc(F)cc2)CC1. The summed E-state index contributed by atoms with van der Waals surface area (Å²) in [5, 5.41) is 0. The summed E-state index contributed by atoms with van der Waals surface area (Å²) in [7, 11) is 0. The molecule has 1 saturated heterocycles. The smallest absolute Gasteiger partial charge is 0.123 e. The molecule has 1 heterocycles. The molecule has 0 aliphatic carbocycles. The van der Waals surface area contributed by atoms with Crippen LogP contribution in [0.25, 0.3) is 0 Å². The molecule has 0 spiro atoms. The predicted molar refractivity (Wildman–Crippen MR) is 106 cm³/mol. The highest BCUT2D eigenvalue weighted by Gasteiger charge is 2.30. The van der Waals surface area contributed by atoms with E-state index in [9.17, 15) is 4.39 Å². The molecule has 1 unspecified atom stereocenters. The van der Waals surface area contributed by atoms with Gasteiger partial charge in [-0.25, -0.2) is 4.39 Å². The van der Waals surface area contributed by atoms with Crippen molar-refractivity contribution in [3.05, 3.63) is 47.3 Å². The summed E-state index contributed by atoms with van der Waals surface area (Å²) >= 11 is 0. The zero-order valence-corrected chi connectivity index (χ0v) is 16.8. The minimum Gasteiger partial charge on any atom is -0.297 e. The third-order valence-electron chi connectivity index (χ3n) is 5.69. The number of hydrogen-bond acceptors (Lipinski definition) is 1. The van der Waals surface area contributed by atoms with Crippen LogP contribution in [0.4, 0.5) is 4.39 Å². The van der Waals surface area contributed by atoms with E-state index >= 15 is 0 Å². The first-order valence-corrected chi connectivity index (χ1v) is 9.97. The van der Waals surface area contributed by atoms with Gasteiger partial charge in [0, 0.05) is 6.04 Å². The fourth-order valence-electron chi connectivity index (χ4n) is 4.20. The first-order chi connectivity index (χ1) is 11.8. The number of benzene rings is 1. The van der Waals surface area contributed by atoms with Crippen molar-refractivity contribution in [3.63, 3.8) is 0 Å². The Balaban J connectivity index is 2.10. The van der Waals surface area contributed by atoms with E-state index in [0.717, 1.165) is 12.3 Å². The lowest BCUT2D eigenvalue weighted by Gasteiger charge is -2.40. The van der Waals surface area contributed by atoms with E-state index in [4.69, 9.17) is 0 Å². The Morgan fingerprint density at radius 3 is 2.32 bits per heavy atom. The Bertz CT molecular complexity index is 546. The van der Waals surface area contributed by atoms with E-state index in [-0.39, 0.29) is 11.2 Å². The molecule has 2 heteroatoms. The zero-order valence-electron chi connectivity index (χ0n) is 16.8. The van der Waals surface area contributed by atoms with Crippen molar-refractivity contribution in [2.75, 3.05) is 13.1 Å². The van der Waals surface area contributed by atoms with E-state index < -0.39 is 0 Å². The topological polar surface area (TPSA) is 3.24 Å². The molecule has 140 valence electrons. The summed E-state index contributed by atoms with van der Waals surface area (Å²) in [6.07, 6.45) is 8.85. The number of allylic oxidation sites excluding steroid dienone is 1. The van der Waals surface area contributed by atoms with E-state index in [2.05, 4.69) is 45.6 Å². The quantitative estimate of drug-likeness (QED) is 0.521. The molecule has 1 atom stereocenters. The van der Waals surface area contributed by atoms with Crippen molar-refractivity contribution >= 4 is 0 Å². The molecule has 2 rings (SSSR count). The minimum absolute atomic E-state index is 0.0323. The van der Waals surface area contributed by atoms with Crippen molar-refractivity contribution in [2.45, 2.75) is 78.2 Å². The average molecular weight is 346 g/mol. The van der Waals surface area contributed by atoms with Gasteiger partial charge in [-0.05, 0) is 75.2 Å². The second-order valence-electron chi connectivity index (χ2n) is 8.67. The van der Waals surface area contributed by atoms with Gasteiger partial charge in [-0.1, -0.05) is 57.4 Å². The van der Waals surface area contributed by atoms with Gasteiger partial charge in [-0.15, -0.1) is 0 Å². The Morgan fingerprint density at radius 2 is 1.80 bits per heavy atom. The summed E-state index contributed by atoms with van der Waals surface area (Å²) in [6, 6.07) is 7.53. The van der Waals surface area contributed by atoms with E-state index in [0.29, 0.717) is 6.04 Å². The van der Waals surface area contributed by atoms with Gasteiger partial charge in [0.2, 0.25) is 0 Å². The third-order valence-corrected chi connectivity index (χ3v) is 5.69. The number of hydrogen-bond donors (Lipinski definition) is 0. The summed E-state index contributed by atoms with van der Waals surface area (Å²) in [4.78, 5) is 2.67. The highest BCUT2D eigenvalue weighted by molar-refractivity contribution is 5.25. The van der Waals surface area contributed by atoms with Gasteiger partial charge in [0.15, 0.2) is 0 Å². The van der Waals surface area contributed by atoms with Crippen LogP contribution in [0.3, 0.4) is 0 Å². The van der Waals surface area contributed by atoms with Gasteiger partial charge in [-0.2, -0.15) is 0 Å². The molecule has 1 aliphatic heterocycles. The molecule has 0 bridgehead atoms. The fraction of sp³-hybridized carbons (Fsp3) is 0.652. The predicted octanol–water partition coefficient (Wildman–Crippen LogP) is 6.34. The number of piperidine rings is 1. The Kier molecular flexibility index (Phi) is 7.25. The van der Waals surface area contributed by atoms with Crippen molar-refractivity contribution in [3.8, 4) is 0 Å². The summed E-state index contributed by atoms with van der Waals surface area (Å²) < 4.78 is 13.3. The molecule has 0 radical (unpaired) electrons. The lowest BCUT2D eigenvalue weighted by molar-refractivity contribution is 0.133. The van der Waals surface area contributed by atoms with Gasteiger partial charge in [0.1, 0.15) is 5.82 Å². The second-order valence-corrected chi connectivity index (χ2v) is 8.67. The first kappa shape index (κ1) is 20.2. The Labute approximate surface area is 154 Å². The second kappa shape index (κ2) is 8.98. The van der Waals surface area contributed by atoms with Gasteiger partial charge in [0.25, 0.3) is 0 Å². The Hall–Kier alpha value is -1.15. The maximum atomic E-state index is 13.3. The van der Waals surface area contributed by atoms with Crippen LogP contribution in [0.15, 0.2) is 35.9 Å².